The van der Waals surface area contributed by atoms with Crippen molar-refractivity contribution in [3.05, 3.63) is 0 Å². The molecule has 2 fully saturated rings. The van der Waals surface area contributed by atoms with Gasteiger partial charge in [0.25, 0.3) is 0 Å². The lowest BCUT2D eigenvalue weighted by atomic mass is 9.78. The van der Waals surface area contributed by atoms with E-state index in [2.05, 4.69) is 19.2 Å². The zero-order valence-electron chi connectivity index (χ0n) is 8.10. The maximum absolute atomic E-state index is 5.71. The Morgan fingerprint density at radius 3 is 2.42 bits per heavy atom. The van der Waals surface area contributed by atoms with E-state index in [9.17, 15) is 0 Å². The van der Waals surface area contributed by atoms with Crippen molar-refractivity contribution in [2.24, 2.45) is 11.3 Å². The molecule has 1 aliphatic heterocycles. The third-order valence-corrected chi connectivity index (χ3v) is 3.10. The van der Waals surface area contributed by atoms with Gasteiger partial charge in [-0.05, 0) is 32.6 Å². The lowest BCUT2D eigenvalue weighted by Gasteiger charge is -2.43. The second-order valence-electron chi connectivity index (χ2n) is 4.60. The van der Waals surface area contributed by atoms with Crippen molar-refractivity contribution in [3.63, 3.8) is 0 Å². The first kappa shape index (κ1) is 8.52. The molecule has 2 heteroatoms. The summed E-state index contributed by atoms with van der Waals surface area (Å²) in [5, 5.41) is 3.37. The third kappa shape index (κ3) is 1.50. The normalized spacial score (nSPS) is 27.2. The number of ether oxygens (including phenoxy) is 1. The van der Waals surface area contributed by atoms with Gasteiger partial charge in [0, 0.05) is 18.5 Å². The first-order chi connectivity index (χ1) is 5.73. The molecule has 1 aliphatic carbocycles. The van der Waals surface area contributed by atoms with Crippen molar-refractivity contribution < 1.29 is 4.74 Å². The molecule has 0 unspecified atom stereocenters. The van der Waals surface area contributed by atoms with Gasteiger partial charge in [-0.3, -0.25) is 0 Å². The van der Waals surface area contributed by atoms with Crippen molar-refractivity contribution >= 4 is 0 Å². The molecular weight excluding hydrogens is 150 g/mol. The lowest BCUT2D eigenvalue weighted by molar-refractivity contribution is -0.0306. The van der Waals surface area contributed by atoms with Gasteiger partial charge < -0.3 is 10.1 Å². The highest BCUT2D eigenvalue weighted by Crippen LogP contribution is 2.48. The topological polar surface area (TPSA) is 21.3 Å². The van der Waals surface area contributed by atoms with E-state index in [0.717, 1.165) is 12.5 Å². The second kappa shape index (κ2) is 3.00. The largest absolute Gasteiger partial charge is 0.378 e. The van der Waals surface area contributed by atoms with E-state index in [1.54, 1.807) is 0 Å². The minimum absolute atomic E-state index is 0.390. The van der Waals surface area contributed by atoms with Crippen molar-refractivity contribution in [2.45, 2.75) is 32.8 Å². The molecule has 0 aromatic heterocycles. The lowest BCUT2D eigenvalue weighted by Crippen LogP contribution is -2.57. The Morgan fingerprint density at radius 1 is 1.42 bits per heavy atom. The van der Waals surface area contributed by atoms with Crippen molar-refractivity contribution in [1.82, 2.24) is 5.32 Å². The van der Waals surface area contributed by atoms with Crippen LogP contribution in [-0.2, 0) is 4.74 Å². The van der Waals surface area contributed by atoms with Crippen LogP contribution >= 0.6 is 0 Å². The summed E-state index contributed by atoms with van der Waals surface area (Å²) < 4.78 is 5.71. The van der Waals surface area contributed by atoms with Crippen LogP contribution in [0.3, 0.4) is 0 Å². The molecule has 0 amide bonds. The highest BCUT2D eigenvalue weighted by atomic mass is 16.5. The van der Waals surface area contributed by atoms with E-state index in [-0.39, 0.29) is 0 Å². The van der Waals surface area contributed by atoms with Crippen molar-refractivity contribution in [3.8, 4) is 0 Å². The highest BCUT2D eigenvalue weighted by Gasteiger charge is 2.49. The summed E-state index contributed by atoms with van der Waals surface area (Å²) in [5.74, 6) is 0.970. The maximum atomic E-state index is 5.71. The third-order valence-electron chi connectivity index (χ3n) is 3.10. The molecule has 70 valence electrons. The van der Waals surface area contributed by atoms with E-state index in [1.807, 2.05) is 0 Å². The number of rotatable bonds is 4. The summed E-state index contributed by atoms with van der Waals surface area (Å²) in [4.78, 5) is 0. The van der Waals surface area contributed by atoms with Crippen molar-refractivity contribution in [2.75, 3.05) is 19.7 Å². The van der Waals surface area contributed by atoms with Gasteiger partial charge in [-0.2, -0.15) is 0 Å². The Morgan fingerprint density at radius 2 is 2.08 bits per heavy atom. The first-order valence-electron chi connectivity index (χ1n) is 5.05. The molecule has 0 aromatic rings. The van der Waals surface area contributed by atoms with Crippen LogP contribution < -0.4 is 5.32 Å². The van der Waals surface area contributed by atoms with E-state index >= 15 is 0 Å². The Hall–Kier alpha value is -0.0800. The Balaban J connectivity index is 1.81. The second-order valence-corrected chi connectivity index (χ2v) is 4.60. The summed E-state index contributed by atoms with van der Waals surface area (Å²) in [7, 11) is 0. The monoisotopic (exact) mass is 169 g/mol. The van der Waals surface area contributed by atoms with E-state index in [1.165, 1.54) is 25.9 Å². The highest BCUT2D eigenvalue weighted by molar-refractivity contribution is 5.02. The fourth-order valence-electron chi connectivity index (χ4n) is 1.98. The SMILES string of the molecule is CC(C)OCC1(C2CC2)CNC1. The molecule has 2 nitrogen and oxygen atoms in total. The number of nitrogens with one attached hydrogen (secondary N) is 1. The average Bonchev–Trinajstić information content (AvgIpc) is 2.67. The van der Waals surface area contributed by atoms with Crippen LogP contribution in [0.4, 0.5) is 0 Å². The summed E-state index contributed by atoms with van der Waals surface area (Å²) in [5.41, 5.74) is 0.532. The minimum Gasteiger partial charge on any atom is -0.378 e. The van der Waals surface area contributed by atoms with Crippen LogP contribution in [0.15, 0.2) is 0 Å². The maximum Gasteiger partial charge on any atom is 0.0552 e. The molecule has 1 heterocycles. The van der Waals surface area contributed by atoms with Crippen molar-refractivity contribution in [1.29, 1.82) is 0 Å². The van der Waals surface area contributed by atoms with Crippen LogP contribution in [0, 0.1) is 11.3 Å². The standard InChI is InChI=1S/C10H19NO/c1-8(2)12-7-10(5-11-6-10)9-3-4-9/h8-9,11H,3-7H2,1-2H3. The first-order valence-corrected chi connectivity index (χ1v) is 5.05. The van der Waals surface area contributed by atoms with Gasteiger partial charge in [-0.25, -0.2) is 0 Å². The molecule has 1 N–H and O–H groups in total. The predicted octanol–water partition coefficient (Wildman–Crippen LogP) is 1.41. The Bertz CT molecular complexity index is 159. The van der Waals surface area contributed by atoms with Crippen LogP contribution in [0.1, 0.15) is 26.7 Å². The molecule has 2 aliphatic rings. The van der Waals surface area contributed by atoms with E-state index in [4.69, 9.17) is 4.74 Å². The molecule has 0 atom stereocenters. The summed E-state index contributed by atoms with van der Waals surface area (Å²) in [6, 6.07) is 0. The zero-order chi connectivity index (χ0) is 8.60. The molecule has 12 heavy (non-hydrogen) atoms. The molecule has 1 saturated carbocycles. The summed E-state index contributed by atoms with van der Waals surface area (Å²) >= 11 is 0. The molecule has 0 bridgehead atoms. The molecule has 1 saturated heterocycles. The quantitative estimate of drug-likeness (QED) is 0.687. The van der Waals surface area contributed by atoms with Gasteiger partial charge in [0.2, 0.25) is 0 Å². The predicted molar refractivity (Wildman–Crippen MR) is 49.1 cm³/mol. The summed E-state index contributed by atoms with van der Waals surface area (Å²) in [6.07, 6.45) is 3.26. The van der Waals surface area contributed by atoms with Gasteiger partial charge in [0.05, 0.1) is 12.7 Å². The Labute approximate surface area is 74.7 Å². The van der Waals surface area contributed by atoms with Gasteiger partial charge in [0.15, 0.2) is 0 Å². The average molecular weight is 169 g/mol. The van der Waals surface area contributed by atoms with Gasteiger partial charge in [0.1, 0.15) is 0 Å². The van der Waals surface area contributed by atoms with Gasteiger partial charge in [-0.1, -0.05) is 0 Å². The fourth-order valence-corrected chi connectivity index (χ4v) is 1.98. The molecule has 0 spiro atoms. The molecule has 0 aromatic carbocycles. The van der Waals surface area contributed by atoms with Gasteiger partial charge in [-0.15, -0.1) is 0 Å². The van der Waals surface area contributed by atoms with E-state index in [0.29, 0.717) is 11.5 Å². The smallest absolute Gasteiger partial charge is 0.0552 e. The zero-order valence-corrected chi connectivity index (χ0v) is 8.10. The summed E-state index contributed by atoms with van der Waals surface area (Å²) in [6.45, 7) is 7.58. The van der Waals surface area contributed by atoms with E-state index < -0.39 is 0 Å². The molecular formula is C10H19NO. The molecule has 0 radical (unpaired) electrons. The van der Waals surface area contributed by atoms with Gasteiger partial charge >= 0.3 is 0 Å². The van der Waals surface area contributed by atoms with Crippen LogP contribution in [0.25, 0.3) is 0 Å². The fraction of sp³-hybridized carbons (Fsp3) is 1.00. The minimum atomic E-state index is 0.390. The number of hydrogen-bond donors (Lipinski definition) is 1. The Kier molecular flexibility index (Phi) is 2.13. The van der Waals surface area contributed by atoms with Crippen LogP contribution in [0.5, 0.6) is 0 Å². The van der Waals surface area contributed by atoms with Crippen LogP contribution in [-0.4, -0.2) is 25.8 Å². The van der Waals surface area contributed by atoms with Crippen LogP contribution in [0.2, 0.25) is 0 Å². The molecule has 2 rings (SSSR count). The number of hydrogen-bond acceptors (Lipinski definition) is 2.